The molecule has 134 valence electrons. The lowest BCUT2D eigenvalue weighted by molar-refractivity contribution is 0.101. The summed E-state index contributed by atoms with van der Waals surface area (Å²) in [6.07, 6.45) is 1.83. The Morgan fingerprint density at radius 2 is 1.92 bits per heavy atom. The van der Waals surface area contributed by atoms with Crippen molar-refractivity contribution in [1.82, 2.24) is 4.57 Å². The number of aryl methyl sites for hydroxylation is 1. The van der Waals surface area contributed by atoms with Crippen molar-refractivity contribution in [3.05, 3.63) is 76.4 Å². The van der Waals surface area contributed by atoms with E-state index in [1.54, 1.807) is 0 Å². The normalized spacial score (nSPS) is 11.1. The predicted molar refractivity (Wildman–Crippen MR) is 113 cm³/mol. The summed E-state index contributed by atoms with van der Waals surface area (Å²) in [5, 5.41) is 4.13. The lowest BCUT2D eigenvalue weighted by atomic mass is 10.0. The van der Waals surface area contributed by atoms with Gasteiger partial charge in [-0.1, -0.05) is 41.9 Å². The molecule has 0 atom stereocenters. The van der Waals surface area contributed by atoms with E-state index >= 15 is 0 Å². The van der Waals surface area contributed by atoms with Gasteiger partial charge in [0.05, 0.1) is 0 Å². The number of carbonyl (C=O) groups is 1. The Labute approximate surface area is 162 Å². The highest BCUT2D eigenvalue weighted by Crippen LogP contribution is 2.30. The van der Waals surface area contributed by atoms with Gasteiger partial charge in [0.2, 0.25) is 0 Å². The van der Waals surface area contributed by atoms with Crippen LogP contribution in [0.15, 0.2) is 59.6 Å². The summed E-state index contributed by atoms with van der Waals surface area (Å²) in [5.41, 5.74) is 4.79. The van der Waals surface area contributed by atoms with Crippen molar-refractivity contribution in [2.45, 2.75) is 33.2 Å². The first kappa shape index (κ1) is 18.5. The van der Waals surface area contributed by atoms with Gasteiger partial charge in [0.15, 0.2) is 0 Å². The number of fused-ring (bicyclic) bond motifs is 1. The summed E-state index contributed by atoms with van der Waals surface area (Å²) < 4.78 is 3.02. The molecule has 0 aliphatic rings. The topological polar surface area (TPSA) is 34.0 Å². The molecule has 0 radical (unpaired) electrons. The molecule has 3 rings (SSSR count). The highest BCUT2D eigenvalue weighted by Gasteiger charge is 2.20. The molecule has 0 bridgehead atoms. The van der Waals surface area contributed by atoms with Crippen LogP contribution in [0.1, 0.15) is 41.4 Å². The second-order valence-corrected chi connectivity index (χ2v) is 7.68. The number of aromatic nitrogens is 1. The summed E-state index contributed by atoms with van der Waals surface area (Å²) in [7, 11) is 0. The molecule has 3 aromatic rings. The number of allylic oxidation sites excluding steroid dienone is 1. The van der Waals surface area contributed by atoms with E-state index in [0.29, 0.717) is 18.2 Å². The van der Waals surface area contributed by atoms with Crippen LogP contribution in [0.5, 0.6) is 0 Å². The average Bonchev–Trinajstić information content (AvgIpc) is 2.89. The molecule has 1 heterocycles. The van der Waals surface area contributed by atoms with E-state index in [9.17, 15) is 4.79 Å². The lowest BCUT2D eigenvalue weighted by Gasteiger charge is -2.10. The zero-order valence-electron chi connectivity index (χ0n) is 15.3. The van der Waals surface area contributed by atoms with Gasteiger partial charge in [0.25, 0.3) is 5.91 Å². The third-order valence-corrected chi connectivity index (χ3v) is 5.16. The molecule has 2 aromatic carbocycles. The number of hydrogen-bond donors (Lipinski definition) is 1. The molecule has 0 aliphatic carbocycles. The van der Waals surface area contributed by atoms with Gasteiger partial charge in [-0.05, 0) is 60.4 Å². The molecule has 4 heteroatoms. The van der Waals surface area contributed by atoms with E-state index in [1.807, 2.05) is 41.8 Å². The Kier molecular flexibility index (Phi) is 5.33. The summed E-state index contributed by atoms with van der Waals surface area (Å²) >= 11 is 3.41. The predicted octanol–water partition coefficient (Wildman–Crippen LogP) is 6.27. The van der Waals surface area contributed by atoms with E-state index < -0.39 is 0 Å². The van der Waals surface area contributed by atoms with Crippen molar-refractivity contribution >= 4 is 38.4 Å². The maximum atomic E-state index is 13.0. The van der Waals surface area contributed by atoms with Gasteiger partial charge in [-0.15, -0.1) is 6.58 Å². The van der Waals surface area contributed by atoms with E-state index in [-0.39, 0.29) is 5.91 Å². The first-order chi connectivity index (χ1) is 12.4. The minimum atomic E-state index is -0.103. The molecule has 1 aromatic heterocycles. The van der Waals surface area contributed by atoms with Gasteiger partial charge in [-0.25, -0.2) is 0 Å². The summed E-state index contributed by atoms with van der Waals surface area (Å²) in [4.78, 5) is 13.0. The number of nitrogens with zero attached hydrogens (tertiary/aromatic N) is 1. The second kappa shape index (κ2) is 7.50. The molecule has 0 spiro atoms. The monoisotopic (exact) mass is 410 g/mol. The Bertz CT molecular complexity index is 968. The van der Waals surface area contributed by atoms with Crippen LogP contribution in [0.3, 0.4) is 0 Å². The SMILES string of the molecule is C=CCn1c(C(=O)Nc2ccc(Br)cc2)c(C)c2cc(C(C)C)ccc21. The molecule has 1 N–H and O–H groups in total. The molecule has 26 heavy (non-hydrogen) atoms. The van der Waals surface area contributed by atoms with Gasteiger partial charge in [-0.2, -0.15) is 0 Å². The molecule has 0 aliphatic heterocycles. The Morgan fingerprint density at radius 3 is 2.54 bits per heavy atom. The zero-order chi connectivity index (χ0) is 18.8. The quantitative estimate of drug-likeness (QED) is 0.493. The summed E-state index contributed by atoms with van der Waals surface area (Å²) in [6, 6.07) is 14.0. The minimum absolute atomic E-state index is 0.103. The number of anilines is 1. The van der Waals surface area contributed by atoms with Crippen molar-refractivity contribution < 1.29 is 4.79 Å². The van der Waals surface area contributed by atoms with Gasteiger partial charge in [-0.3, -0.25) is 4.79 Å². The van der Waals surface area contributed by atoms with Crippen LogP contribution < -0.4 is 5.32 Å². The van der Waals surface area contributed by atoms with Crippen molar-refractivity contribution in [2.24, 2.45) is 0 Å². The maximum absolute atomic E-state index is 13.0. The van der Waals surface area contributed by atoms with Crippen LogP contribution in [-0.2, 0) is 6.54 Å². The molecule has 0 saturated carbocycles. The number of amides is 1. The third-order valence-electron chi connectivity index (χ3n) is 4.64. The van der Waals surface area contributed by atoms with Crippen molar-refractivity contribution in [3.63, 3.8) is 0 Å². The first-order valence-electron chi connectivity index (χ1n) is 8.73. The van der Waals surface area contributed by atoms with Crippen LogP contribution in [0.4, 0.5) is 5.69 Å². The van der Waals surface area contributed by atoms with Crippen LogP contribution in [0, 0.1) is 6.92 Å². The van der Waals surface area contributed by atoms with Crippen LogP contribution >= 0.6 is 15.9 Å². The van der Waals surface area contributed by atoms with E-state index in [4.69, 9.17) is 0 Å². The van der Waals surface area contributed by atoms with Crippen molar-refractivity contribution in [1.29, 1.82) is 0 Å². The Balaban J connectivity index is 2.09. The molecule has 0 fully saturated rings. The van der Waals surface area contributed by atoms with Crippen molar-refractivity contribution in [3.8, 4) is 0 Å². The summed E-state index contributed by atoms with van der Waals surface area (Å²) in [6.45, 7) is 10.8. The lowest BCUT2D eigenvalue weighted by Crippen LogP contribution is -2.18. The number of carbonyl (C=O) groups excluding carboxylic acids is 1. The Morgan fingerprint density at radius 1 is 1.23 bits per heavy atom. The van der Waals surface area contributed by atoms with E-state index in [0.717, 1.165) is 26.6 Å². The van der Waals surface area contributed by atoms with Crippen LogP contribution in [0.2, 0.25) is 0 Å². The average molecular weight is 411 g/mol. The highest BCUT2D eigenvalue weighted by molar-refractivity contribution is 9.10. The number of rotatable bonds is 5. The Hall–Kier alpha value is -2.33. The number of hydrogen-bond acceptors (Lipinski definition) is 1. The largest absolute Gasteiger partial charge is 0.332 e. The smallest absolute Gasteiger partial charge is 0.272 e. The first-order valence-corrected chi connectivity index (χ1v) is 9.52. The molecule has 1 amide bonds. The fraction of sp³-hybridized carbons (Fsp3) is 0.227. The zero-order valence-corrected chi connectivity index (χ0v) is 16.9. The molecular formula is C22H23BrN2O. The standard InChI is InChI=1S/C22H23BrN2O/c1-5-12-25-20-11-6-16(14(2)3)13-19(20)15(4)21(25)22(26)24-18-9-7-17(23)8-10-18/h5-11,13-14H,1,12H2,2-4H3,(H,24,26). The van der Waals surface area contributed by atoms with Gasteiger partial charge >= 0.3 is 0 Å². The molecule has 3 nitrogen and oxygen atoms in total. The fourth-order valence-electron chi connectivity index (χ4n) is 3.23. The third kappa shape index (κ3) is 3.47. The van der Waals surface area contributed by atoms with Gasteiger partial charge in [0.1, 0.15) is 5.69 Å². The molecular weight excluding hydrogens is 388 g/mol. The minimum Gasteiger partial charge on any atom is -0.332 e. The van der Waals surface area contributed by atoms with E-state index in [1.165, 1.54) is 5.56 Å². The number of benzene rings is 2. The highest BCUT2D eigenvalue weighted by atomic mass is 79.9. The summed E-state index contributed by atoms with van der Waals surface area (Å²) in [5.74, 6) is 0.343. The molecule has 0 unspecified atom stereocenters. The van der Waals surface area contributed by atoms with Crippen LogP contribution in [-0.4, -0.2) is 10.5 Å². The molecule has 0 saturated heterocycles. The number of halogens is 1. The number of nitrogens with one attached hydrogen (secondary N) is 1. The van der Waals surface area contributed by atoms with Gasteiger partial charge < -0.3 is 9.88 Å². The van der Waals surface area contributed by atoms with E-state index in [2.05, 4.69) is 59.9 Å². The maximum Gasteiger partial charge on any atom is 0.272 e. The van der Waals surface area contributed by atoms with Crippen LogP contribution in [0.25, 0.3) is 10.9 Å². The second-order valence-electron chi connectivity index (χ2n) is 6.77. The van der Waals surface area contributed by atoms with Gasteiger partial charge in [0, 0.05) is 27.6 Å². The van der Waals surface area contributed by atoms with Crippen molar-refractivity contribution in [2.75, 3.05) is 5.32 Å². The fourth-order valence-corrected chi connectivity index (χ4v) is 3.50.